The molecule has 5 atom stereocenters. The molecule has 3 rings (SSSR count). The molecule has 6 nitrogen and oxygen atoms in total. The second-order valence-corrected chi connectivity index (χ2v) is 9.61. The lowest BCUT2D eigenvalue weighted by Crippen LogP contribution is -2.56. The van der Waals surface area contributed by atoms with Crippen molar-refractivity contribution in [3.05, 3.63) is 0 Å². The summed E-state index contributed by atoms with van der Waals surface area (Å²) in [5, 5.41) is 0. The Morgan fingerprint density at radius 2 is 1.21 bits per heavy atom. The summed E-state index contributed by atoms with van der Waals surface area (Å²) >= 11 is 0. The van der Waals surface area contributed by atoms with Crippen LogP contribution in [0.5, 0.6) is 0 Å². The van der Waals surface area contributed by atoms with Gasteiger partial charge in [0.25, 0.3) is 0 Å². The zero-order chi connectivity index (χ0) is 20.9. The molecule has 0 aliphatic carbocycles. The summed E-state index contributed by atoms with van der Waals surface area (Å²) < 4.78 is 36.3. The number of unbranched alkanes of at least 4 members (excludes halogenated alkanes) is 8. The Kier molecular flexibility index (Phi) is 8.38. The average Bonchev–Trinajstić information content (AvgIpc) is 3.13. The molecule has 0 N–H and O–H groups in total. The number of hydrogen-bond donors (Lipinski definition) is 0. The third-order valence-corrected chi connectivity index (χ3v) is 5.93. The normalized spacial score (nSPS) is 34.9. The highest BCUT2D eigenvalue weighted by Crippen LogP contribution is 2.44. The molecule has 3 aliphatic heterocycles. The molecule has 0 aromatic heterocycles. The summed E-state index contributed by atoms with van der Waals surface area (Å²) in [6, 6.07) is 0. The van der Waals surface area contributed by atoms with Gasteiger partial charge in [-0.25, -0.2) is 0 Å². The van der Waals surface area contributed by atoms with Crippen LogP contribution < -0.4 is 0 Å². The highest BCUT2D eigenvalue weighted by atomic mass is 16.9. The van der Waals surface area contributed by atoms with Crippen LogP contribution in [0.25, 0.3) is 0 Å². The lowest BCUT2D eigenvalue weighted by Gasteiger charge is -2.37. The maximum Gasteiger partial charge on any atom is 0.190 e. The van der Waals surface area contributed by atoms with Crippen LogP contribution in [0.3, 0.4) is 0 Å². The van der Waals surface area contributed by atoms with Gasteiger partial charge in [0.1, 0.15) is 24.4 Å². The topological polar surface area (TPSA) is 55.4 Å². The van der Waals surface area contributed by atoms with Gasteiger partial charge in [0.15, 0.2) is 17.9 Å². The fourth-order valence-corrected chi connectivity index (χ4v) is 4.54. The average molecular weight is 415 g/mol. The van der Waals surface area contributed by atoms with Crippen LogP contribution in [0.2, 0.25) is 0 Å². The van der Waals surface area contributed by atoms with Crippen molar-refractivity contribution in [2.75, 3.05) is 13.2 Å². The Morgan fingerprint density at radius 1 is 0.655 bits per heavy atom. The van der Waals surface area contributed by atoms with Gasteiger partial charge in [-0.05, 0) is 34.1 Å². The minimum absolute atomic E-state index is 0.202. The molecule has 0 amide bonds. The lowest BCUT2D eigenvalue weighted by atomic mass is 9.99. The Labute approximate surface area is 176 Å². The molecular formula is C23H42O6. The van der Waals surface area contributed by atoms with E-state index in [0.29, 0.717) is 6.61 Å². The SMILES string of the molecule is CCCCCCCCCCCOC[C@H]1O[C@@H]2OC(C)(C)O[C@@H]2[C@H]2OC(C)(C)O[C@H]21. The first-order chi connectivity index (χ1) is 13.8. The second-order valence-electron chi connectivity index (χ2n) is 9.61. The van der Waals surface area contributed by atoms with Crippen molar-refractivity contribution in [3.8, 4) is 0 Å². The van der Waals surface area contributed by atoms with Gasteiger partial charge in [-0.2, -0.15) is 0 Å². The van der Waals surface area contributed by atoms with Crippen LogP contribution in [-0.4, -0.2) is 55.5 Å². The van der Waals surface area contributed by atoms with Crippen molar-refractivity contribution in [2.24, 2.45) is 0 Å². The first-order valence-electron chi connectivity index (χ1n) is 11.8. The van der Waals surface area contributed by atoms with Gasteiger partial charge in [0.05, 0.1) is 6.61 Å². The molecule has 0 aromatic carbocycles. The van der Waals surface area contributed by atoms with Gasteiger partial charge in [-0.1, -0.05) is 58.3 Å². The Bertz CT molecular complexity index is 494. The molecule has 3 heterocycles. The molecule has 3 aliphatic rings. The summed E-state index contributed by atoms with van der Waals surface area (Å²) in [7, 11) is 0. The standard InChI is InChI=1S/C23H42O6/c1-6-7-8-9-10-11-12-13-14-15-24-16-17-18-19(27-22(2,3)26-18)20-21(25-17)29-23(4,5)28-20/h17-21H,6-16H2,1-5H3/t17-,18+,19+,20-,21-/m1/s1. The van der Waals surface area contributed by atoms with Crippen molar-refractivity contribution < 1.29 is 28.4 Å². The van der Waals surface area contributed by atoms with Crippen molar-refractivity contribution in [3.63, 3.8) is 0 Å². The van der Waals surface area contributed by atoms with Gasteiger partial charge in [0.2, 0.25) is 0 Å². The molecule has 3 fully saturated rings. The van der Waals surface area contributed by atoms with Crippen LogP contribution in [0, 0.1) is 0 Å². The van der Waals surface area contributed by atoms with Gasteiger partial charge in [-0.15, -0.1) is 0 Å². The molecule has 0 saturated carbocycles. The van der Waals surface area contributed by atoms with E-state index in [1.165, 1.54) is 51.4 Å². The molecule has 29 heavy (non-hydrogen) atoms. The van der Waals surface area contributed by atoms with E-state index >= 15 is 0 Å². The Morgan fingerprint density at radius 3 is 1.90 bits per heavy atom. The van der Waals surface area contributed by atoms with E-state index in [4.69, 9.17) is 28.4 Å². The molecule has 6 heteroatoms. The van der Waals surface area contributed by atoms with Crippen molar-refractivity contribution in [1.82, 2.24) is 0 Å². The Balaban J connectivity index is 1.35. The summed E-state index contributed by atoms with van der Waals surface area (Å²) in [5.74, 6) is -1.33. The molecule has 0 radical (unpaired) electrons. The molecule has 0 bridgehead atoms. The minimum Gasteiger partial charge on any atom is -0.379 e. The van der Waals surface area contributed by atoms with E-state index < -0.39 is 17.9 Å². The smallest absolute Gasteiger partial charge is 0.190 e. The second kappa shape index (κ2) is 10.4. The summed E-state index contributed by atoms with van der Waals surface area (Å²) in [5.41, 5.74) is 0. The predicted molar refractivity (Wildman–Crippen MR) is 111 cm³/mol. The molecular weight excluding hydrogens is 372 g/mol. The maximum absolute atomic E-state index is 6.17. The van der Waals surface area contributed by atoms with Crippen LogP contribution >= 0.6 is 0 Å². The predicted octanol–water partition coefficient (Wildman–Crippen LogP) is 4.93. The quantitative estimate of drug-likeness (QED) is 0.422. The molecule has 0 unspecified atom stereocenters. The molecule has 170 valence electrons. The number of rotatable bonds is 12. The van der Waals surface area contributed by atoms with Crippen molar-refractivity contribution >= 4 is 0 Å². The minimum atomic E-state index is -0.678. The highest BCUT2D eigenvalue weighted by molar-refractivity contribution is 5.00. The number of ether oxygens (including phenoxy) is 6. The molecule has 0 aromatic rings. The fourth-order valence-electron chi connectivity index (χ4n) is 4.54. The third kappa shape index (κ3) is 6.62. The molecule has 0 spiro atoms. The zero-order valence-corrected chi connectivity index (χ0v) is 19.1. The Hall–Kier alpha value is -0.240. The van der Waals surface area contributed by atoms with E-state index in [0.717, 1.165) is 13.0 Å². The number of fused-ring (bicyclic) bond motifs is 3. The zero-order valence-electron chi connectivity index (χ0n) is 19.1. The highest BCUT2D eigenvalue weighted by Gasteiger charge is 2.60. The van der Waals surface area contributed by atoms with Crippen molar-refractivity contribution in [1.29, 1.82) is 0 Å². The van der Waals surface area contributed by atoms with E-state index in [1.807, 2.05) is 27.7 Å². The van der Waals surface area contributed by atoms with E-state index in [-0.39, 0.29) is 24.4 Å². The number of hydrogen-bond acceptors (Lipinski definition) is 6. The van der Waals surface area contributed by atoms with E-state index in [1.54, 1.807) is 0 Å². The fraction of sp³-hybridized carbons (Fsp3) is 1.00. The van der Waals surface area contributed by atoms with E-state index in [2.05, 4.69) is 6.92 Å². The van der Waals surface area contributed by atoms with Crippen molar-refractivity contribution in [2.45, 2.75) is 135 Å². The largest absolute Gasteiger partial charge is 0.379 e. The monoisotopic (exact) mass is 414 g/mol. The van der Waals surface area contributed by atoms with Crippen LogP contribution in [0.15, 0.2) is 0 Å². The van der Waals surface area contributed by atoms with Gasteiger partial charge >= 0.3 is 0 Å². The molecule has 3 saturated heterocycles. The first kappa shape index (κ1) is 23.4. The van der Waals surface area contributed by atoms with Crippen LogP contribution in [0.4, 0.5) is 0 Å². The van der Waals surface area contributed by atoms with Crippen LogP contribution in [-0.2, 0) is 28.4 Å². The van der Waals surface area contributed by atoms with Gasteiger partial charge in [-0.3, -0.25) is 0 Å². The third-order valence-electron chi connectivity index (χ3n) is 5.93. The maximum atomic E-state index is 6.17. The van der Waals surface area contributed by atoms with E-state index in [9.17, 15) is 0 Å². The van der Waals surface area contributed by atoms with Gasteiger partial charge in [0, 0.05) is 6.61 Å². The van der Waals surface area contributed by atoms with Gasteiger partial charge < -0.3 is 28.4 Å². The summed E-state index contributed by atoms with van der Waals surface area (Å²) in [4.78, 5) is 0. The summed E-state index contributed by atoms with van der Waals surface area (Å²) in [6.45, 7) is 11.2. The first-order valence-corrected chi connectivity index (χ1v) is 11.8. The van der Waals surface area contributed by atoms with Crippen LogP contribution in [0.1, 0.15) is 92.4 Å². The lowest BCUT2D eigenvalue weighted by molar-refractivity contribution is -0.243. The summed E-state index contributed by atoms with van der Waals surface area (Å²) in [6.07, 6.45) is 10.5.